The number of nitrogens with zero attached hydrogens (tertiary/aromatic N) is 5. The van der Waals surface area contributed by atoms with Crippen LogP contribution in [0.5, 0.6) is 0 Å². The second-order valence-corrected chi connectivity index (χ2v) is 5.86. The lowest BCUT2D eigenvalue weighted by Gasteiger charge is -2.36. The van der Waals surface area contributed by atoms with Crippen LogP contribution in [0.25, 0.3) is 0 Å². The van der Waals surface area contributed by atoms with Crippen molar-refractivity contribution in [1.29, 1.82) is 0 Å². The lowest BCUT2D eigenvalue weighted by Crippen LogP contribution is -2.36. The van der Waals surface area contributed by atoms with Crippen molar-refractivity contribution < 1.29 is 0 Å². The SMILES string of the molecule is Cn1cnc(CN2Cc3nccn3CC2c2ccccc2)c1. The molecule has 3 heterocycles. The van der Waals surface area contributed by atoms with Gasteiger partial charge in [0.2, 0.25) is 0 Å². The molecule has 22 heavy (non-hydrogen) atoms. The van der Waals surface area contributed by atoms with Gasteiger partial charge in [0.25, 0.3) is 0 Å². The van der Waals surface area contributed by atoms with Crippen molar-refractivity contribution in [2.75, 3.05) is 0 Å². The molecular formula is C17H19N5. The van der Waals surface area contributed by atoms with E-state index in [9.17, 15) is 0 Å². The Morgan fingerprint density at radius 1 is 1.18 bits per heavy atom. The molecule has 0 saturated carbocycles. The van der Waals surface area contributed by atoms with Crippen LogP contribution in [-0.2, 0) is 26.7 Å². The van der Waals surface area contributed by atoms with Crippen molar-refractivity contribution >= 4 is 0 Å². The highest BCUT2D eigenvalue weighted by atomic mass is 15.3. The Labute approximate surface area is 129 Å². The van der Waals surface area contributed by atoms with Crippen LogP contribution in [0, 0.1) is 0 Å². The zero-order valence-corrected chi connectivity index (χ0v) is 12.6. The van der Waals surface area contributed by atoms with E-state index in [0.29, 0.717) is 6.04 Å². The monoisotopic (exact) mass is 293 g/mol. The third-order valence-electron chi connectivity index (χ3n) is 4.26. The molecule has 0 fully saturated rings. The lowest BCUT2D eigenvalue weighted by atomic mass is 10.0. The molecule has 0 spiro atoms. The number of fused-ring (bicyclic) bond motifs is 1. The summed E-state index contributed by atoms with van der Waals surface area (Å²) in [4.78, 5) is 11.4. The Hall–Kier alpha value is -2.40. The number of hydrogen-bond donors (Lipinski definition) is 0. The summed E-state index contributed by atoms with van der Waals surface area (Å²) in [5.74, 6) is 1.13. The van der Waals surface area contributed by atoms with Crippen LogP contribution in [-0.4, -0.2) is 24.0 Å². The first-order chi connectivity index (χ1) is 10.8. The van der Waals surface area contributed by atoms with E-state index in [-0.39, 0.29) is 0 Å². The number of benzene rings is 1. The summed E-state index contributed by atoms with van der Waals surface area (Å²) >= 11 is 0. The van der Waals surface area contributed by atoms with E-state index in [1.807, 2.05) is 24.1 Å². The summed E-state index contributed by atoms with van der Waals surface area (Å²) in [5, 5.41) is 0. The third kappa shape index (κ3) is 2.44. The minimum absolute atomic E-state index is 0.352. The van der Waals surface area contributed by atoms with Crippen LogP contribution >= 0.6 is 0 Å². The predicted octanol–water partition coefficient (Wildman–Crippen LogP) is 2.37. The van der Waals surface area contributed by atoms with Gasteiger partial charge in [0.15, 0.2) is 0 Å². The molecule has 0 aliphatic carbocycles. The number of imidazole rings is 2. The number of hydrogen-bond acceptors (Lipinski definition) is 3. The molecule has 1 aliphatic heterocycles. The fourth-order valence-electron chi connectivity index (χ4n) is 3.17. The summed E-state index contributed by atoms with van der Waals surface area (Å²) in [7, 11) is 2.01. The fraction of sp³-hybridized carbons (Fsp3) is 0.294. The molecule has 0 saturated heterocycles. The summed E-state index contributed by atoms with van der Waals surface area (Å²) in [6.45, 7) is 2.63. The summed E-state index contributed by atoms with van der Waals surface area (Å²) in [5.41, 5.74) is 2.45. The Balaban J connectivity index is 1.66. The molecule has 0 amide bonds. The second kappa shape index (κ2) is 5.42. The minimum atomic E-state index is 0.352. The molecule has 4 rings (SSSR count). The van der Waals surface area contributed by atoms with Crippen molar-refractivity contribution in [2.45, 2.75) is 25.7 Å². The van der Waals surface area contributed by atoms with Gasteiger partial charge in [-0.25, -0.2) is 9.97 Å². The van der Waals surface area contributed by atoms with E-state index >= 15 is 0 Å². The highest BCUT2D eigenvalue weighted by Gasteiger charge is 2.28. The maximum atomic E-state index is 4.48. The van der Waals surface area contributed by atoms with E-state index in [2.05, 4.69) is 62.2 Å². The first kappa shape index (κ1) is 13.3. The van der Waals surface area contributed by atoms with Crippen molar-refractivity contribution in [1.82, 2.24) is 24.0 Å². The molecule has 5 nitrogen and oxygen atoms in total. The topological polar surface area (TPSA) is 38.9 Å². The predicted molar refractivity (Wildman–Crippen MR) is 83.9 cm³/mol. The quantitative estimate of drug-likeness (QED) is 0.744. The molecule has 1 aromatic carbocycles. The fourth-order valence-corrected chi connectivity index (χ4v) is 3.17. The van der Waals surface area contributed by atoms with Crippen LogP contribution in [0.15, 0.2) is 55.2 Å². The molecule has 112 valence electrons. The van der Waals surface area contributed by atoms with Gasteiger partial charge in [-0.2, -0.15) is 0 Å². The maximum Gasteiger partial charge on any atom is 0.122 e. The van der Waals surface area contributed by atoms with Gasteiger partial charge < -0.3 is 9.13 Å². The molecule has 1 unspecified atom stereocenters. The molecule has 0 bridgehead atoms. The Bertz CT molecular complexity index is 758. The highest BCUT2D eigenvalue weighted by Crippen LogP contribution is 2.30. The lowest BCUT2D eigenvalue weighted by molar-refractivity contribution is 0.127. The molecule has 1 aliphatic rings. The van der Waals surface area contributed by atoms with Gasteiger partial charge in [-0.15, -0.1) is 0 Å². The first-order valence-corrected chi connectivity index (χ1v) is 7.55. The van der Waals surface area contributed by atoms with Gasteiger partial charge >= 0.3 is 0 Å². The smallest absolute Gasteiger partial charge is 0.122 e. The summed E-state index contributed by atoms with van der Waals surface area (Å²) in [6, 6.07) is 11.0. The zero-order valence-electron chi connectivity index (χ0n) is 12.6. The summed E-state index contributed by atoms with van der Waals surface area (Å²) < 4.78 is 4.25. The first-order valence-electron chi connectivity index (χ1n) is 7.55. The van der Waals surface area contributed by atoms with Crippen molar-refractivity contribution in [3.8, 4) is 0 Å². The second-order valence-electron chi connectivity index (χ2n) is 5.86. The molecule has 5 heteroatoms. The molecule has 0 radical (unpaired) electrons. The van der Waals surface area contributed by atoms with Gasteiger partial charge in [-0.1, -0.05) is 30.3 Å². The van der Waals surface area contributed by atoms with Crippen LogP contribution in [0.3, 0.4) is 0 Å². The average Bonchev–Trinajstić information content (AvgIpc) is 3.16. The maximum absolute atomic E-state index is 4.48. The standard InChI is InChI=1S/C17H19N5/c1-20-9-15(19-13-20)10-22-12-17-18-7-8-21(17)11-16(22)14-5-3-2-4-6-14/h2-9,13,16H,10-12H2,1H3. The van der Waals surface area contributed by atoms with E-state index in [1.165, 1.54) is 5.56 Å². The van der Waals surface area contributed by atoms with Gasteiger partial charge in [-0.05, 0) is 5.56 Å². The Morgan fingerprint density at radius 2 is 2.05 bits per heavy atom. The normalized spacial score (nSPS) is 18.3. The van der Waals surface area contributed by atoms with Gasteiger partial charge in [0, 0.05) is 38.7 Å². The van der Waals surface area contributed by atoms with Crippen molar-refractivity contribution in [2.24, 2.45) is 7.05 Å². The largest absolute Gasteiger partial charge is 0.340 e. The van der Waals surface area contributed by atoms with E-state index in [1.54, 1.807) is 0 Å². The van der Waals surface area contributed by atoms with Gasteiger partial charge in [0.1, 0.15) is 5.82 Å². The Morgan fingerprint density at radius 3 is 2.82 bits per heavy atom. The third-order valence-corrected chi connectivity index (χ3v) is 4.26. The van der Waals surface area contributed by atoms with Crippen LogP contribution in [0.1, 0.15) is 23.1 Å². The van der Waals surface area contributed by atoms with Gasteiger partial charge in [-0.3, -0.25) is 4.90 Å². The minimum Gasteiger partial charge on any atom is -0.340 e. The zero-order chi connectivity index (χ0) is 14.9. The van der Waals surface area contributed by atoms with E-state index < -0.39 is 0 Å². The molecule has 3 aromatic rings. The van der Waals surface area contributed by atoms with E-state index in [0.717, 1.165) is 31.2 Å². The summed E-state index contributed by atoms with van der Waals surface area (Å²) in [6.07, 6.45) is 7.91. The number of aryl methyl sites for hydroxylation is 1. The molecule has 2 aromatic heterocycles. The van der Waals surface area contributed by atoms with Crippen LogP contribution in [0.2, 0.25) is 0 Å². The number of rotatable bonds is 3. The molecule has 0 N–H and O–H groups in total. The van der Waals surface area contributed by atoms with Crippen molar-refractivity contribution in [3.63, 3.8) is 0 Å². The highest BCUT2D eigenvalue weighted by molar-refractivity contribution is 5.21. The number of aromatic nitrogens is 4. The van der Waals surface area contributed by atoms with Crippen molar-refractivity contribution in [3.05, 3.63) is 72.3 Å². The van der Waals surface area contributed by atoms with E-state index in [4.69, 9.17) is 0 Å². The van der Waals surface area contributed by atoms with Gasteiger partial charge in [0.05, 0.1) is 24.6 Å². The van der Waals surface area contributed by atoms with Crippen LogP contribution in [0.4, 0.5) is 0 Å². The molecular weight excluding hydrogens is 274 g/mol. The van der Waals surface area contributed by atoms with Crippen LogP contribution < -0.4 is 0 Å². The molecule has 1 atom stereocenters. The average molecular weight is 293 g/mol. The Kier molecular flexibility index (Phi) is 3.27.